The van der Waals surface area contributed by atoms with Crippen molar-refractivity contribution in [2.24, 2.45) is 11.8 Å². The second kappa shape index (κ2) is 7.84. The molecule has 0 unspecified atom stereocenters. The molecule has 0 spiro atoms. The van der Waals surface area contributed by atoms with E-state index >= 15 is 0 Å². The van der Waals surface area contributed by atoms with Crippen molar-refractivity contribution in [1.82, 2.24) is 15.1 Å². The highest BCUT2D eigenvalue weighted by molar-refractivity contribution is 5.68. The van der Waals surface area contributed by atoms with Gasteiger partial charge >= 0.3 is 6.09 Å². The SMILES string of the molecule is CC(C)C1CC(NCCN2CCN(C(=O)OC(C)(C)C)CC2)C1. The third kappa shape index (κ3) is 5.96. The van der Waals surface area contributed by atoms with Gasteiger partial charge in [0, 0.05) is 45.3 Å². The van der Waals surface area contributed by atoms with E-state index in [-0.39, 0.29) is 6.09 Å². The van der Waals surface area contributed by atoms with E-state index in [2.05, 4.69) is 24.1 Å². The summed E-state index contributed by atoms with van der Waals surface area (Å²) in [4.78, 5) is 16.3. The minimum atomic E-state index is -0.408. The summed E-state index contributed by atoms with van der Waals surface area (Å²) in [6.45, 7) is 16.0. The molecule has 1 aliphatic carbocycles. The second-order valence-corrected chi connectivity index (χ2v) is 8.44. The summed E-state index contributed by atoms with van der Waals surface area (Å²) in [5, 5.41) is 3.67. The Bertz CT molecular complexity index is 378. The molecule has 1 N–H and O–H groups in total. The molecule has 2 aliphatic rings. The number of carbonyl (C=O) groups is 1. The number of ether oxygens (including phenoxy) is 1. The van der Waals surface area contributed by atoms with Crippen LogP contribution in [0.4, 0.5) is 4.79 Å². The predicted molar refractivity (Wildman–Crippen MR) is 93.6 cm³/mol. The molecule has 1 amide bonds. The highest BCUT2D eigenvalue weighted by atomic mass is 16.6. The zero-order chi connectivity index (χ0) is 17.0. The summed E-state index contributed by atoms with van der Waals surface area (Å²) in [6, 6.07) is 0.727. The van der Waals surface area contributed by atoms with Crippen LogP contribution in [-0.4, -0.2) is 66.8 Å². The van der Waals surface area contributed by atoms with E-state index in [0.29, 0.717) is 0 Å². The number of rotatable bonds is 5. The Morgan fingerprint density at radius 2 is 1.78 bits per heavy atom. The molecule has 0 aromatic rings. The molecule has 1 saturated heterocycles. The molecule has 2 rings (SSSR count). The molecule has 0 radical (unpaired) electrons. The Balaban J connectivity index is 1.56. The quantitative estimate of drug-likeness (QED) is 0.844. The number of piperazine rings is 1. The number of carbonyl (C=O) groups excluding carboxylic acids is 1. The Labute approximate surface area is 141 Å². The first-order chi connectivity index (χ1) is 10.7. The summed E-state index contributed by atoms with van der Waals surface area (Å²) in [5.74, 6) is 1.75. The lowest BCUT2D eigenvalue weighted by atomic mass is 9.74. The average Bonchev–Trinajstić information content (AvgIpc) is 2.39. The minimum absolute atomic E-state index is 0.176. The first kappa shape index (κ1) is 18.5. The van der Waals surface area contributed by atoms with Crippen molar-refractivity contribution in [1.29, 1.82) is 0 Å². The number of hydrogen-bond donors (Lipinski definition) is 1. The molecular formula is C18H35N3O2. The summed E-state index contributed by atoms with van der Waals surface area (Å²) in [5.41, 5.74) is -0.408. The van der Waals surface area contributed by atoms with E-state index in [1.165, 1.54) is 12.8 Å². The van der Waals surface area contributed by atoms with Crippen molar-refractivity contribution in [3.8, 4) is 0 Å². The normalized spacial score (nSPS) is 26.3. The van der Waals surface area contributed by atoms with Gasteiger partial charge in [-0.1, -0.05) is 13.8 Å². The van der Waals surface area contributed by atoms with Crippen molar-refractivity contribution < 1.29 is 9.53 Å². The van der Waals surface area contributed by atoms with Crippen LogP contribution < -0.4 is 5.32 Å². The van der Waals surface area contributed by atoms with E-state index in [4.69, 9.17) is 4.74 Å². The molecule has 1 saturated carbocycles. The van der Waals surface area contributed by atoms with Gasteiger partial charge in [-0.3, -0.25) is 4.90 Å². The fourth-order valence-corrected chi connectivity index (χ4v) is 3.28. The van der Waals surface area contributed by atoms with Gasteiger partial charge in [0.15, 0.2) is 0 Å². The van der Waals surface area contributed by atoms with Crippen LogP contribution >= 0.6 is 0 Å². The van der Waals surface area contributed by atoms with Crippen LogP contribution in [0, 0.1) is 11.8 Å². The zero-order valence-corrected chi connectivity index (χ0v) is 15.6. The van der Waals surface area contributed by atoms with Crippen LogP contribution in [0.2, 0.25) is 0 Å². The van der Waals surface area contributed by atoms with Crippen LogP contribution in [0.25, 0.3) is 0 Å². The maximum absolute atomic E-state index is 12.0. The van der Waals surface area contributed by atoms with E-state index in [1.807, 2.05) is 25.7 Å². The van der Waals surface area contributed by atoms with Gasteiger partial charge in [-0.05, 0) is 45.4 Å². The van der Waals surface area contributed by atoms with Crippen LogP contribution in [0.15, 0.2) is 0 Å². The molecule has 1 heterocycles. The maximum Gasteiger partial charge on any atom is 0.410 e. The monoisotopic (exact) mass is 325 g/mol. The number of hydrogen-bond acceptors (Lipinski definition) is 4. The third-order valence-corrected chi connectivity index (χ3v) is 5.00. The van der Waals surface area contributed by atoms with Gasteiger partial charge in [0.1, 0.15) is 5.60 Å². The van der Waals surface area contributed by atoms with Gasteiger partial charge in [-0.2, -0.15) is 0 Å². The molecule has 0 aromatic heterocycles. The standard InChI is InChI=1S/C18H35N3O2/c1-14(2)15-12-16(13-15)19-6-7-20-8-10-21(11-9-20)17(22)23-18(3,4)5/h14-16,19H,6-13H2,1-5H3. The fraction of sp³-hybridized carbons (Fsp3) is 0.944. The van der Waals surface area contributed by atoms with Crippen molar-refractivity contribution in [2.75, 3.05) is 39.3 Å². The maximum atomic E-state index is 12.0. The van der Waals surface area contributed by atoms with Crippen LogP contribution in [0.3, 0.4) is 0 Å². The molecule has 5 heteroatoms. The first-order valence-electron chi connectivity index (χ1n) is 9.18. The highest BCUT2D eigenvalue weighted by Crippen LogP contribution is 2.33. The van der Waals surface area contributed by atoms with E-state index < -0.39 is 5.60 Å². The third-order valence-electron chi connectivity index (χ3n) is 5.00. The van der Waals surface area contributed by atoms with Gasteiger partial charge < -0.3 is 15.0 Å². The number of amides is 1. The minimum Gasteiger partial charge on any atom is -0.444 e. The average molecular weight is 325 g/mol. The summed E-state index contributed by atoms with van der Waals surface area (Å²) in [7, 11) is 0. The first-order valence-corrected chi connectivity index (χ1v) is 9.18. The lowest BCUT2D eigenvalue weighted by Crippen LogP contribution is -2.52. The second-order valence-electron chi connectivity index (χ2n) is 8.44. The zero-order valence-electron chi connectivity index (χ0n) is 15.6. The van der Waals surface area contributed by atoms with Gasteiger partial charge in [-0.25, -0.2) is 4.79 Å². The summed E-state index contributed by atoms with van der Waals surface area (Å²) < 4.78 is 5.43. The smallest absolute Gasteiger partial charge is 0.410 e. The van der Waals surface area contributed by atoms with Crippen molar-refractivity contribution in [3.05, 3.63) is 0 Å². The number of nitrogens with one attached hydrogen (secondary N) is 1. The fourth-order valence-electron chi connectivity index (χ4n) is 3.28. The Morgan fingerprint density at radius 1 is 1.17 bits per heavy atom. The summed E-state index contributed by atoms with van der Waals surface area (Å²) in [6.07, 6.45) is 2.50. The molecular weight excluding hydrogens is 290 g/mol. The van der Waals surface area contributed by atoms with Crippen LogP contribution in [0.1, 0.15) is 47.5 Å². The van der Waals surface area contributed by atoms with Crippen molar-refractivity contribution in [2.45, 2.75) is 59.1 Å². The van der Waals surface area contributed by atoms with E-state index in [1.54, 1.807) is 0 Å². The molecule has 0 atom stereocenters. The molecule has 5 nitrogen and oxygen atoms in total. The lowest BCUT2D eigenvalue weighted by molar-refractivity contribution is 0.0144. The largest absolute Gasteiger partial charge is 0.444 e. The number of nitrogens with zero attached hydrogens (tertiary/aromatic N) is 2. The molecule has 134 valence electrons. The topological polar surface area (TPSA) is 44.8 Å². The van der Waals surface area contributed by atoms with Crippen LogP contribution in [0.5, 0.6) is 0 Å². The Hall–Kier alpha value is -0.810. The molecule has 23 heavy (non-hydrogen) atoms. The summed E-state index contributed by atoms with van der Waals surface area (Å²) >= 11 is 0. The highest BCUT2D eigenvalue weighted by Gasteiger charge is 2.31. The van der Waals surface area contributed by atoms with Gasteiger partial charge in [0.05, 0.1) is 0 Å². The van der Waals surface area contributed by atoms with Gasteiger partial charge in [-0.15, -0.1) is 0 Å². The van der Waals surface area contributed by atoms with Crippen molar-refractivity contribution in [3.63, 3.8) is 0 Å². The Morgan fingerprint density at radius 3 is 2.30 bits per heavy atom. The van der Waals surface area contributed by atoms with Gasteiger partial charge in [0.25, 0.3) is 0 Å². The van der Waals surface area contributed by atoms with E-state index in [9.17, 15) is 4.79 Å². The van der Waals surface area contributed by atoms with Gasteiger partial charge in [0.2, 0.25) is 0 Å². The van der Waals surface area contributed by atoms with Crippen molar-refractivity contribution >= 4 is 6.09 Å². The molecule has 2 fully saturated rings. The van der Waals surface area contributed by atoms with Crippen LogP contribution in [-0.2, 0) is 4.74 Å². The molecule has 0 bridgehead atoms. The predicted octanol–water partition coefficient (Wildman–Crippen LogP) is 2.56. The van der Waals surface area contributed by atoms with E-state index in [0.717, 1.165) is 57.1 Å². The lowest BCUT2D eigenvalue weighted by Gasteiger charge is -2.39. The molecule has 0 aromatic carbocycles. The Kier molecular flexibility index (Phi) is 6.32. The molecule has 1 aliphatic heterocycles.